The van der Waals surface area contributed by atoms with Crippen molar-refractivity contribution < 1.29 is 19.4 Å². The molecule has 0 bridgehead atoms. The molecule has 0 radical (unpaired) electrons. The van der Waals surface area contributed by atoms with Crippen LogP contribution in [0.25, 0.3) is 0 Å². The van der Waals surface area contributed by atoms with Crippen LogP contribution >= 0.6 is 0 Å². The number of aldehydes is 1. The van der Waals surface area contributed by atoms with E-state index in [1.807, 2.05) is 0 Å². The van der Waals surface area contributed by atoms with E-state index in [0.717, 1.165) is 25.0 Å². The van der Waals surface area contributed by atoms with E-state index in [0.29, 0.717) is 11.3 Å². The van der Waals surface area contributed by atoms with Gasteiger partial charge in [0.1, 0.15) is 6.10 Å². The molecule has 24 heavy (non-hydrogen) atoms. The second-order valence-electron chi connectivity index (χ2n) is 9.91. The maximum absolute atomic E-state index is 11.7. The third-order valence-electron chi connectivity index (χ3n) is 8.25. The van der Waals surface area contributed by atoms with Gasteiger partial charge in [0.15, 0.2) is 11.9 Å². The predicted molar refractivity (Wildman–Crippen MR) is 90.6 cm³/mol. The summed E-state index contributed by atoms with van der Waals surface area (Å²) in [6, 6.07) is 0. The van der Waals surface area contributed by atoms with Crippen molar-refractivity contribution >= 4 is 6.29 Å². The van der Waals surface area contributed by atoms with Crippen molar-refractivity contribution in [2.45, 2.75) is 89.6 Å². The Morgan fingerprint density at radius 3 is 2.46 bits per heavy atom. The van der Waals surface area contributed by atoms with Crippen LogP contribution in [0.3, 0.4) is 0 Å². The molecule has 2 aliphatic heterocycles. The first-order valence-electron chi connectivity index (χ1n) is 9.65. The molecule has 136 valence electrons. The average molecular weight is 336 g/mol. The van der Waals surface area contributed by atoms with Crippen LogP contribution in [0.5, 0.6) is 0 Å². The van der Waals surface area contributed by atoms with Crippen molar-refractivity contribution in [3.05, 3.63) is 0 Å². The maximum atomic E-state index is 11.7. The normalized spacial score (nSPS) is 55.5. The Labute approximate surface area is 145 Å². The van der Waals surface area contributed by atoms with Crippen LogP contribution in [0.2, 0.25) is 0 Å². The molecular weight excluding hydrogens is 304 g/mol. The van der Waals surface area contributed by atoms with Gasteiger partial charge in [-0.2, -0.15) is 0 Å². The lowest BCUT2D eigenvalue weighted by Gasteiger charge is -2.60. The summed E-state index contributed by atoms with van der Waals surface area (Å²) in [4.78, 5) is 11.7. The highest BCUT2D eigenvalue weighted by Gasteiger charge is 2.70. The summed E-state index contributed by atoms with van der Waals surface area (Å²) >= 11 is 0. The van der Waals surface area contributed by atoms with Crippen molar-refractivity contribution in [3.8, 4) is 0 Å². The van der Waals surface area contributed by atoms with Crippen LogP contribution in [0.4, 0.5) is 0 Å². The fourth-order valence-electron chi connectivity index (χ4n) is 6.98. The molecule has 4 rings (SSSR count). The van der Waals surface area contributed by atoms with Gasteiger partial charge in [0.2, 0.25) is 0 Å². The second kappa shape index (κ2) is 5.05. The van der Waals surface area contributed by atoms with Gasteiger partial charge in [-0.05, 0) is 61.7 Å². The SMILES string of the molecule is CC1(C)CCC[C@@]2(C)[C@@H]1CC[C@@]1(C)O[C@@H]([C@@]3(C=O)O[C@H]3CO)C[C@H]21. The molecule has 1 N–H and O–H groups in total. The Morgan fingerprint density at radius 2 is 1.83 bits per heavy atom. The lowest BCUT2D eigenvalue weighted by atomic mass is 9.45. The number of ether oxygens (including phenoxy) is 2. The van der Waals surface area contributed by atoms with Crippen molar-refractivity contribution in [1.82, 2.24) is 0 Å². The van der Waals surface area contributed by atoms with Gasteiger partial charge in [-0.25, -0.2) is 0 Å². The molecule has 0 unspecified atom stereocenters. The lowest BCUT2D eigenvalue weighted by Crippen LogP contribution is -2.55. The smallest absolute Gasteiger partial charge is 0.178 e. The quantitative estimate of drug-likeness (QED) is 0.635. The molecule has 2 saturated carbocycles. The topological polar surface area (TPSA) is 59.1 Å². The van der Waals surface area contributed by atoms with Gasteiger partial charge in [-0.1, -0.05) is 27.2 Å². The van der Waals surface area contributed by atoms with Gasteiger partial charge >= 0.3 is 0 Å². The summed E-state index contributed by atoms with van der Waals surface area (Å²) in [6.07, 6.45) is 7.31. The van der Waals surface area contributed by atoms with Gasteiger partial charge in [-0.15, -0.1) is 0 Å². The highest BCUT2D eigenvalue weighted by atomic mass is 16.7. The molecule has 7 atom stereocenters. The fraction of sp³-hybridized carbons (Fsp3) is 0.950. The predicted octanol–water partition coefficient (Wildman–Crippen LogP) is 3.11. The van der Waals surface area contributed by atoms with E-state index < -0.39 is 5.60 Å². The van der Waals surface area contributed by atoms with Crippen molar-refractivity contribution in [3.63, 3.8) is 0 Å². The zero-order valence-electron chi connectivity index (χ0n) is 15.5. The number of carbonyl (C=O) groups excluding carboxylic acids is 1. The molecule has 4 aliphatic rings. The molecule has 0 aromatic carbocycles. The first kappa shape index (κ1) is 17.0. The summed E-state index contributed by atoms with van der Waals surface area (Å²) in [7, 11) is 0. The van der Waals surface area contributed by atoms with Crippen molar-refractivity contribution in [2.24, 2.45) is 22.7 Å². The van der Waals surface area contributed by atoms with Gasteiger partial charge < -0.3 is 14.6 Å². The Morgan fingerprint density at radius 1 is 1.08 bits per heavy atom. The lowest BCUT2D eigenvalue weighted by molar-refractivity contribution is -0.160. The minimum Gasteiger partial charge on any atom is -0.394 e. The Bertz CT molecular complexity index is 546. The van der Waals surface area contributed by atoms with Gasteiger partial charge in [-0.3, -0.25) is 4.79 Å². The highest BCUT2D eigenvalue weighted by Crippen LogP contribution is 2.67. The van der Waals surface area contributed by atoms with Crippen LogP contribution in [-0.4, -0.2) is 41.4 Å². The molecule has 0 aromatic rings. The molecule has 4 nitrogen and oxygen atoms in total. The summed E-state index contributed by atoms with van der Waals surface area (Å²) in [5.74, 6) is 1.19. The zero-order valence-corrected chi connectivity index (χ0v) is 15.5. The van der Waals surface area contributed by atoms with Crippen LogP contribution in [0, 0.1) is 22.7 Å². The van der Waals surface area contributed by atoms with Gasteiger partial charge in [0, 0.05) is 0 Å². The zero-order chi connectivity index (χ0) is 17.4. The van der Waals surface area contributed by atoms with Gasteiger partial charge in [0.25, 0.3) is 0 Å². The van der Waals surface area contributed by atoms with E-state index >= 15 is 0 Å². The number of rotatable bonds is 3. The number of aliphatic hydroxyl groups excluding tert-OH is 1. The molecule has 2 heterocycles. The average Bonchev–Trinajstić information content (AvgIpc) is 3.13. The Kier molecular flexibility index (Phi) is 3.57. The van der Waals surface area contributed by atoms with Crippen molar-refractivity contribution in [2.75, 3.05) is 6.61 Å². The Balaban J connectivity index is 1.65. The maximum Gasteiger partial charge on any atom is 0.178 e. The third kappa shape index (κ3) is 2.05. The minimum absolute atomic E-state index is 0.104. The van der Waals surface area contributed by atoms with Crippen molar-refractivity contribution in [1.29, 1.82) is 0 Å². The van der Waals surface area contributed by atoms with E-state index in [2.05, 4.69) is 27.7 Å². The number of hydrogen-bond donors (Lipinski definition) is 1. The monoisotopic (exact) mass is 336 g/mol. The molecule has 2 saturated heterocycles. The number of aliphatic hydroxyl groups is 1. The molecule has 2 aliphatic carbocycles. The van der Waals surface area contributed by atoms with E-state index in [-0.39, 0.29) is 29.8 Å². The molecule has 0 spiro atoms. The minimum atomic E-state index is -0.898. The fourth-order valence-corrected chi connectivity index (χ4v) is 6.98. The largest absolute Gasteiger partial charge is 0.394 e. The first-order chi connectivity index (χ1) is 11.2. The number of epoxide rings is 1. The van der Waals surface area contributed by atoms with Crippen LogP contribution in [-0.2, 0) is 14.3 Å². The first-order valence-corrected chi connectivity index (χ1v) is 9.65. The third-order valence-corrected chi connectivity index (χ3v) is 8.25. The van der Waals surface area contributed by atoms with Gasteiger partial charge in [0.05, 0.1) is 18.3 Å². The molecule has 4 fully saturated rings. The van der Waals surface area contributed by atoms with E-state index in [1.165, 1.54) is 25.7 Å². The highest BCUT2D eigenvalue weighted by molar-refractivity contribution is 5.69. The van der Waals surface area contributed by atoms with E-state index in [1.54, 1.807) is 0 Å². The van der Waals surface area contributed by atoms with E-state index in [9.17, 15) is 9.90 Å². The number of carbonyl (C=O) groups is 1. The number of fused-ring (bicyclic) bond motifs is 3. The molecule has 4 heteroatoms. The molecular formula is C20H32O4. The van der Waals surface area contributed by atoms with E-state index in [4.69, 9.17) is 9.47 Å². The number of hydrogen-bond acceptors (Lipinski definition) is 4. The molecule has 0 aromatic heterocycles. The Hall–Kier alpha value is -0.450. The van der Waals surface area contributed by atoms with Crippen LogP contribution in [0.15, 0.2) is 0 Å². The summed E-state index contributed by atoms with van der Waals surface area (Å²) in [5.41, 5.74) is -0.397. The molecule has 0 amide bonds. The summed E-state index contributed by atoms with van der Waals surface area (Å²) in [5, 5.41) is 9.42. The second-order valence-corrected chi connectivity index (χ2v) is 9.91. The van der Waals surface area contributed by atoms with Crippen LogP contribution in [0.1, 0.15) is 66.2 Å². The summed E-state index contributed by atoms with van der Waals surface area (Å²) < 4.78 is 12.1. The standard InChI is InChI=1S/C20H32O4/c1-17(2)7-5-8-18(3)13(17)6-9-19(4)14(18)10-15(23-19)20(12-22)16(11-21)24-20/h12-16,21H,5-11H2,1-4H3/t13-,14-,15-,16+,18+,19-,20-/m1/s1. The summed E-state index contributed by atoms with van der Waals surface area (Å²) in [6.45, 7) is 9.48. The van der Waals surface area contributed by atoms with Crippen LogP contribution < -0.4 is 0 Å².